The summed E-state index contributed by atoms with van der Waals surface area (Å²) in [5, 5.41) is 9.58. The summed E-state index contributed by atoms with van der Waals surface area (Å²) in [6, 6.07) is 14.0. The normalized spacial score (nSPS) is 13.0. The van der Waals surface area contributed by atoms with Gasteiger partial charge in [-0.25, -0.2) is 13.1 Å². The minimum atomic E-state index is -3.57. The van der Waals surface area contributed by atoms with Gasteiger partial charge in [-0.15, -0.1) is 0 Å². The van der Waals surface area contributed by atoms with Crippen LogP contribution in [0.15, 0.2) is 53.4 Å². The molecule has 0 amide bonds. The van der Waals surface area contributed by atoms with Crippen molar-refractivity contribution in [2.24, 2.45) is 0 Å². The minimum absolute atomic E-state index is 0.0411. The number of aliphatic hydroxyl groups excluding tert-OH is 1. The van der Waals surface area contributed by atoms with Crippen LogP contribution in [0.1, 0.15) is 16.4 Å². The Hall–Kier alpha value is -1.05. The number of benzene rings is 2. The third-order valence-electron chi connectivity index (χ3n) is 3.44. The maximum atomic E-state index is 12.4. The molecule has 4 nitrogen and oxygen atoms in total. The van der Waals surface area contributed by atoms with E-state index in [0.29, 0.717) is 10.8 Å². The minimum Gasteiger partial charge on any atom is -0.396 e. The van der Waals surface area contributed by atoms with Crippen LogP contribution >= 0.6 is 23.4 Å². The van der Waals surface area contributed by atoms with Gasteiger partial charge in [0.25, 0.3) is 0 Å². The van der Waals surface area contributed by atoms with Crippen molar-refractivity contribution >= 4 is 33.4 Å². The maximum Gasteiger partial charge on any atom is 0.240 e. The van der Waals surface area contributed by atoms with Crippen LogP contribution in [-0.4, -0.2) is 32.4 Å². The van der Waals surface area contributed by atoms with E-state index in [1.807, 2.05) is 19.1 Å². The highest BCUT2D eigenvalue weighted by atomic mass is 35.5. The van der Waals surface area contributed by atoms with Gasteiger partial charge < -0.3 is 5.11 Å². The zero-order valence-corrected chi connectivity index (χ0v) is 15.7. The summed E-state index contributed by atoms with van der Waals surface area (Å²) >= 11 is 7.40. The lowest BCUT2D eigenvalue weighted by Gasteiger charge is -2.18. The zero-order valence-electron chi connectivity index (χ0n) is 13.3. The van der Waals surface area contributed by atoms with Gasteiger partial charge in [-0.05, 0) is 36.8 Å². The van der Waals surface area contributed by atoms with Crippen molar-refractivity contribution < 1.29 is 13.5 Å². The van der Waals surface area contributed by atoms with Crippen molar-refractivity contribution in [3.63, 3.8) is 0 Å². The van der Waals surface area contributed by atoms with Crippen LogP contribution in [-0.2, 0) is 10.0 Å². The van der Waals surface area contributed by atoms with Crippen LogP contribution in [0.2, 0.25) is 5.02 Å². The summed E-state index contributed by atoms with van der Waals surface area (Å²) in [6.45, 7) is 2.19. The van der Waals surface area contributed by atoms with Crippen LogP contribution in [0.25, 0.3) is 0 Å². The largest absolute Gasteiger partial charge is 0.396 e. The van der Waals surface area contributed by atoms with E-state index in [1.54, 1.807) is 36.4 Å². The van der Waals surface area contributed by atoms with Gasteiger partial charge in [0.1, 0.15) is 0 Å². The molecule has 0 aromatic heterocycles. The van der Waals surface area contributed by atoms with Gasteiger partial charge in [0.15, 0.2) is 0 Å². The molecule has 1 atom stereocenters. The molecule has 2 N–H and O–H groups in total. The molecule has 2 rings (SSSR count). The Balaban J connectivity index is 2.11. The average molecular weight is 386 g/mol. The Morgan fingerprint density at radius 3 is 2.33 bits per heavy atom. The molecule has 2 aromatic carbocycles. The van der Waals surface area contributed by atoms with E-state index in [0.717, 1.165) is 11.1 Å². The average Bonchev–Trinajstić information content (AvgIpc) is 2.56. The van der Waals surface area contributed by atoms with E-state index in [9.17, 15) is 8.42 Å². The molecule has 0 aliphatic heterocycles. The number of sulfonamides is 1. The second-order valence-corrected chi connectivity index (χ2v) is 8.81. The van der Waals surface area contributed by atoms with Crippen LogP contribution in [0.4, 0.5) is 0 Å². The number of halogens is 1. The fraction of sp³-hybridized carbons (Fsp3) is 0.294. The second-order valence-electron chi connectivity index (χ2n) is 5.30. The predicted molar refractivity (Wildman–Crippen MR) is 100 cm³/mol. The number of thioether (sulfide) groups is 1. The molecular formula is C17H20ClNO3S2. The van der Waals surface area contributed by atoms with Gasteiger partial charge in [-0.3, -0.25) is 0 Å². The molecule has 1 unspecified atom stereocenters. The van der Waals surface area contributed by atoms with Gasteiger partial charge in [-0.1, -0.05) is 41.4 Å². The molecule has 0 bridgehead atoms. The first-order chi connectivity index (χ1) is 11.4. The monoisotopic (exact) mass is 385 g/mol. The Labute approximate surface area is 152 Å². The van der Waals surface area contributed by atoms with E-state index >= 15 is 0 Å². The first kappa shape index (κ1) is 19.3. The molecule has 0 saturated heterocycles. The van der Waals surface area contributed by atoms with Crippen molar-refractivity contribution in [1.29, 1.82) is 0 Å². The van der Waals surface area contributed by atoms with Crippen LogP contribution in [0, 0.1) is 6.92 Å². The molecule has 2 aromatic rings. The van der Waals surface area contributed by atoms with Crippen LogP contribution in [0.5, 0.6) is 0 Å². The molecule has 0 fully saturated rings. The fourth-order valence-corrected chi connectivity index (χ4v) is 4.35. The van der Waals surface area contributed by atoms with E-state index in [1.165, 1.54) is 11.8 Å². The van der Waals surface area contributed by atoms with Crippen molar-refractivity contribution in [3.05, 3.63) is 64.7 Å². The highest BCUT2D eigenvalue weighted by Gasteiger charge is 2.18. The van der Waals surface area contributed by atoms with Gasteiger partial charge >= 0.3 is 0 Å². The lowest BCUT2D eigenvalue weighted by Crippen LogP contribution is -2.28. The van der Waals surface area contributed by atoms with Gasteiger partial charge in [-0.2, -0.15) is 11.8 Å². The van der Waals surface area contributed by atoms with Crippen molar-refractivity contribution in [2.75, 3.05) is 18.9 Å². The zero-order chi connectivity index (χ0) is 17.6. The lowest BCUT2D eigenvalue weighted by atomic mass is 10.1. The molecule has 24 heavy (non-hydrogen) atoms. The fourth-order valence-electron chi connectivity index (χ4n) is 2.13. The topological polar surface area (TPSA) is 66.4 Å². The predicted octanol–water partition coefficient (Wildman–Crippen LogP) is 3.39. The Bertz CT molecular complexity index is 746. The lowest BCUT2D eigenvalue weighted by molar-refractivity contribution is 0.322. The number of aryl methyl sites for hydroxylation is 1. The third kappa shape index (κ3) is 5.50. The second kappa shape index (κ2) is 8.87. The molecule has 0 saturated carbocycles. The summed E-state index contributed by atoms with van der Waals surface area (Å²) < 4.78 is 27.5. The number of rotatable bonds is 8. The molecule has 0 aliphatic rings. The summed E-state index contributed by atoms with van der Waals surface area (Å²) in [5.41, 5.74) is 1.97. The summed E-state index contributed by atoms with van der Waals surface area (Å²) in [6.07, 6.45) is 0. The van der Waals surface area contributed by atoms with E-state index in [-0.39, 0.29) is 23.3 Å². The maximum absolute atomic E-state index is 12.4. The first-order valence-corrected chi connectivity index (χ1v) is 10.4. The molecule has 0 spiro atoms. The van der Waals surface area contributed by atoms with Crippen molar-refractivity contribution in [3.8, 4) is 0 Å². The number of aliphatic hydroxyl groups is 1. The molecule has 0 radical (unpaired) electrons. The first-order valence-electron chi connectivity index (χ1n) is 7.46. The van der Waals surface area contributed by atoms with Gasteiger partial charge in [0.2, 0.25) is 10.0 Å². The quantitative estimate of drug-likeness (QED) is 0.730. The molecule has 0 aliphatic carbocycles. The highest BCUT2D eigenvalue weighted by Crippen LogP contribution is 2.29. The van der Waals surface area contributed by atoms with Gasteiger partial charge in [0.05, 0.1) is 11.5 Å². The van der Waals surface area contributed by atoms with E-state index in [4.69, 9.17) is 16.7 Å². The van der Waals surface area contributed by atoms with Gasteiger partial charge in [0, 0.05) is 22.6 Å². The molecule has 130 valence electrons. The van der Waals surface area contributed by atoms with Crippen LogP contribution in [0.3, 0.4) is 0 Å². The molecule has 0 heterocycles. The highest BCUT2D eigenvalue weighted by molar-refractivity contribution is 7.99. The van der Waals surface area contributed by atoms with E-state index in [2.05, 4.69) is 4.72 Å². The third-order valence-corrected chi connectivity index (χ3v) is 6.39. The Kier molecular flexibility index (Phi) is 7.13. The SMILES string of the molecule is Cc1ccc(S(=O)(=O)NCC(SCCO)c2ccc(Cl)cc2)cc1. The van der Waals surface area contributed by atoms with Crippen molar-refractivity contribution in [2.45, 2.75) is 17.1 Å². The smallest absolute Gasteiger partial charge is 0.240 e. The van der Waals surface area contributed by atoms with Crippen LogP contribution < -0.4 is 4.72 Å². The standard InChI is InChI=1S/C17H20ClNO3S2/c1-13-2-8-16(9-3-13)24(21,22)19-12-17(23-11-10-20)14-4-6-15(18)7-5-14/h2-9,17,19-20H,10-12H2,1H3. The number of nitrogens with one attached hydrogen (secondary N) is 1. The number of hydrogen-bond acceptors (Lipinski definition) is 4. The van der Waals surface area contributed by atoms with E-state index < -0.39 is 10.0 Å². The molecular weight excluding hydrogens is 366 g/mol. The Morgan fingerprint density at radius 1 is 1.12 bits per heavy atom. The summed E-state index contributed by atoms with van der Waals surface area (Å²) in [5.74, 6) is 0.527. The summed E-state index contributed by atoms with van der Waals surface area (Å²) in [4.78, 5) is 0.245. The number of hydrogen-bond donors (Lipinski definition) is 2. The van der Waals surface area contributed by atoms with Crippen molar-refractivity contribution in [1.82, 2.24) is 4.72 Å². The summed E-state index contributed by atoms with van der Waals surface area (Å²) in [7, 11) is -3.57. The Morgan fingerprint density at radius 2 is 1.75 bits per heavy atom. The molecule has 7 heteroatoms.